The van der Waals surface area contributed by atoms with Crippen molar-refractivity contribution in [3.05, 3.63) is 95.1 Å². The number of rotatable bonds is 2. The minimum Gasteiger partial charge on any atom is -0.326 e. The number of nitrogens with one attached hydrogen (secondary N) is 1. The zero-order valence-electron chi connectivity index (χ0n) is 17.2. The summed E-state index contributed by atoms with van der Waals surface area (Å²) < 4.78 is -0.753. The van der Waals surface area contributed by atoms with Crippen LogP contribution in [0.15, 0.2) is 72.8 Å². The minimum atomic E-state index is -0.753. The van der Waals surface area contributed by atoms with Crippen LogP contribution in [0, 0.1) is 11.8 Å². The molecule has 4 aliphatic rings. The van der Waals surface area contributed by atoms with Gasteiger partial charge < -0.3 is 5.32 Å². The van der Waals surface area contributed by atoms with Crippen LogP contribution < -0.4 is 10.2 Å². The van der Waals surface area contributed by atoms with Crippen molar-refractivity contribution in [1.29, 1.82) is 0 Å². The van der Waals surface area contributed by atoms with Crippen molar-refractivity contribution in [1.82, 2.24) is 0 Å². The summed E-state index contributed by atoms with van der Waals surface area (Å²) in [5, 5.41) is 2.71. The lowest BCUT2D eigenvalue weighted by Crippen LogP contribution is -2.50. The van der Waals surface area contributed by atoms with Gasteiger partial charge in [-0.15, -0.1) is 0 Å². The highest BCUT2D eigenvalue weighted by Gasteiger charge is 2.67. The molecule has 158 valence electrons. The predicted octanol–water partition coefficient (Wildman–Crippen LogP) is 4.55. The van der Waals surface area contributed by atoms with Crippen molar-refractivity contribution in [2.24, 2.45) is 11.8 Å². The molecule has 1 saturated heterocycles. The molecule has 3 aromatic rings. The number of carbonyl (C=O) groups excluding carboxylic acids is 3. The Labute approximate surface area is 193 Å². The highest BCUT2D eigenvalue weighted by atomic mass is 79.9. The van der Waals surface area contributed by atoms with E-state index in [1.165, 1.54) is 11.8 Å². The molecule has 7 rings (SSSR count). The number of amides is 3. The van der Waals surface area contributed by atoms with Crippen LogP contribution in [-0.2, 0) is 18.7 Å². The largest absolute Gasteiger partial charge is 0.326 e. The Balaban J connectivity index is 1.50. The number of hydrogen-bond donors (Lipinski definition) is 1. The van der Waals surface area contributed by atoms with Crippen LogP contribution in [0.2, 0.25) is 0 Å². The fourth-order valence-corrected chi connectivity index (χ4v) is 7.03. The van der Waals surface area contributed by atoms with Gasteiger partial charge in [0.25, 0.3) is 0 Å². The summed E-state index contributed by atoms with van der Waals surface area (Å²) in [6.07, 6.45) is 0. The molecule has 1 aliphatic heterocycles. The molecule has 0 aromatic heterocycles. The fourth-order valence-electron chi connectivity index (χ4n) is 5.83. The Hall–Kier alpha value is -3.25. The second kappa shape index (κ2) is 6.62. The van der Waals surface area contributed by atoms with Crippen molar-refractivity contribution < 1.29 is 14.4 Å². The quantitative estimate of drug-likeness (QED) is 0.426. The van der Waals surface area contributed by atoms with Gasteiger partial charge in [0, 0.05) is 18.5 Å². The molecule has 0 spiro atoms. The Kier molecular flexibility index (Phi) is 4.02. The molecule has 3 amide bonds. The first-order valence-electron chi connectivity index (χ1n) is 10.6. The molecule has 0 unspecified atom stereocenters. The molecule has 0 saturated carbocycles. The van der Waals surface area contributed by atoms with Crippen LogP contribution in [0.1, 0.15) is 35.1 Å². The van der Waals surface area contributed by atoms with Crippen LogP contribution in [0.3, 0.4) is 0 Å². The summed E-state index contributed by atoms with van der Waals surface area (Å²) in [7, 11) is 0. The van der Waals surface area contributed by atoms with Gasteiger partial charge in [-0.3, -0.25) is 14.4 Å². The highest BCUT2D eigenvalue weighted by Crippen LogP contribution is 2.66. The smallest absolute Gasteiger partial charge is 0.239 e. The zero-order valence-corrected chi connectivity index (χ0v) is 18.8. The summed E-state index contributed by atoms with van der Waals surface area (Å²) in [4.78, 5) is 40.3. The van der Waals surface area contributed by atoms with Gasteiger partial charge in [0.2, 0.25) is 17.7 Å². The van der Waals surface area contributed by atoms with Gasteiger partial charge in [0.1, 0.15) is 0 Å². The van der Waals surface area contributed by atoms with Crippen LogP contribution in [0.4, 0.5) is 11.4 Å². The second-order valence-electron chi connectivity index (χ2n) is 8.61. The van der Waals surface area contributed by atoms with Crippen molar-refractivity contribution in [3.8, 4) is 0 Å². The molecule has 32 heavy (non-hydrogen) atoms. The van der Waals surface area contributed by atoms with Gasteiger partial charge in [-0.25, -0.2) is 4.90 Å². The minimum absolute atomic E-state index is 0.160. The van der Waals surface area contributed by atoms with Crippen molar-refractivity contribution in [2.45, 2.75) is 17.2 Å². The lowest BCUT2D eigenvalue weighted by atomic mass is 9.55. The molecule has 1 heterocycles. The molecule has 3 aliphatic carbocycles. The number of alkyl halides is 1. The number of imide groups is 1. The molecule has 1 N–H and O–H groups in total. The summed E-state index contributed by atoms with van der Waals surface area (Å²) >= 11 is 4.00. The topological polar surface area (TPSA) is 66.5 Å². The van der Waals surface area contributed by atoms with Gasteiger partial charge in [0.05, 0.1) is 21.8 Å². The van der Waals surface area contributed by atoms with Crippen molar-refractivity contribution >= 4 is 45.0 Å². The average molecular weight is 487 g/mol. The molecule has 6 heteroatoms. The Bertz CT molecular complexity index is 1270. The lowest BCUT2D eigenvalue weighted by Gasteiger charge is -2.51. The van der Waals surface area contributed by atoms with Gasteiger partial charge in [-0.2, -0.15) is 0 Å². The maximum absolute atomic E-state index is 13.8. The van der Waals surface area contributed by atoms with E-state index in [1.807, 2.05) is 24.3 Å². The van der Waals surface area contributed by atoms with Gasteiger partial charge in [0.15, 0.2) is 0 Å². The lowest BCUT2D eigenvalue weighted by molar-refractivity contribution is -0.122. The normalized spacial score (nSPS) is 27.1. The molecule has 2 bridgehead atoms. The van der Waals surface area contributed by atoms with Crippen LogP contribution >= 0.6 is 15.9 Å². The van der Waals surface area contributed by atoms with E-state index in [4.69, 9.17) is 0 Å². The molecular formula is C26H19BrN2O3. The molecule has 3 aromatic carbocycles. The summed E-state index contributed by atoms with van der Waals surface area (Å²) in [5.41, 5.74) is 5.48. The number of benzene rings is 3. The van der Waals surface area contributed by atoms with Crippen molar-refractivity contribution in [2.75, 3.05) is 10.2 Å². The van der Waals surface area contributed by atoms with E-state index < -0.39 is 16.2 Å². The van der Waals surface area contributed by atoms with Crippen LogP contribution in [0.5, 0.6) is 0 Å². The number of nitrogens with zero attached hydrogens (tertiary/aromatic N) is 1. The third-order valence-electron chi connectivity index (χ3n) is 6.96. The van der Waals surface area contributed by atoms with Crippen LogP contribution in [0.25, 0.3) is 0 Å². The number of hydrogen-bond acceptors (Lipinski definition) is 3. The van der Waals surface area contributed by atoms with E-state index in [9.17, 15) is 14.4 Å². The summed E-state index contributed by atoms with van der Waals surface area (Å²) in [6, 6.07) is 23.1. The van der Waals surface area contributed by atoms with E-state index in [2.05, 4.69) is 45.5 Å². The standard InChI is InChI=1S/C26H19BrN2O3/c1-14(30)28-15-10-12-16(13-11-15)29-24(31)22-21-17-6-2-4-8-19(17)26(27,23(22)25(29)32)20-9-5-3-7-18(20)21/h2-13,21-23H,1H3,(H,28,30)/t21?,22-,23+,26?/m0/s1. The van der Waals surface area contributed by atoms with E-state index in [0.29, 0.717) is 11.4 Å². The SMILES string of the molecule is CC(=O)Nc1ccc(N2C(=O)[C@H]3C4c5ccccc5C(Br)(c5ccccc54)[C@H]3C2=O)cc1. The summed E-state index contributed by atoms with van der Waals surface area (Å²) in [5.74, 6) is -1.71. The summed E-state index contributed by atoms with van der Waals surface area (Å²) in [6.45, 7) is 1.44. The maximum atomic E-state index is 13.8. The van der Waals surface area contributed by atoms with Crippen LogP contribution in [-0.4, -0.2) is 17.7 Å². The molecule has 2 atom stereocenters. The van der Waals surface area contributed by atoms with Gasteiger partial charge >= 0.3 is 0 Å². The number of carbonyl (C=O) groups is 3. The highest BCUT2D eigenvalue weighted by molar-refractivity contribution is 9.09. The van der Waals surface area contributed by atoms with Gasteiger partial charge in [-0.05, 0) is 46.5 Å². The van der Waals surface area contributed by atoms with E-state index in [0.717, 1.165) is 22.3 Å². The monoisotopic (exact) mass is 486 g/mol. The van der Waals surface area contributed by atoms with E-state index >= 15 is 0 Å². The second-order valence-corrected chi connectivity index (χ2v) is 9.86. The first-order chi connectivity index (χ1) is 15.4. The first kappa shape index (κ1) is 19.4. The number of halogens is 1. The third-order valence-corrected chi connectivity index (χ3v) is 8.31. The van der Waals surface area contributed by atoms with E-state index in [1.54, 1.807) is 24.3 Å². The third kappa shape index (κ3) is 2.36. The van der Waals surface area contributed by atoms with Crippen molar-refractivity contribution in [3.63, 3.8) is 0 Å². The fraction of sp³-hybridized carbons (Fsp3) is 0.192. The van der Waals surface area contributed by atoms with Gasteiger partial charge in [-0.1, -0.05) is 64.5 Å². The molecule has 0 radical (unpaired) electrons. The molecular weight excluding hydrogens is 468 g/mol. The van der Waals surface area contributed by atoms with E-state index in [-0.39, 0.29) is 23.6 Å². The molecule has 1 fully saturated rings. The Morgan fingerprint density at radius 1 is 0.875 bits per heavy atom. The average Bonchev–Trinajstić information content (AvgIpc) is 3.06. The Morgan fingerprint density at radius 3 is 2.00 bits per heavy atom. The Morgan fingerprint density at radius 2 is 1.44 bits per heavy atom. The first-order valence-corrected chi connectivity index (χ1v) is 11.4. The zero-order chi connectivity index (χ0) is 22.2. The maximum Gasteiger partial charge on any atom is 0.239 e. The predicted molar refractivity (Wildman–Crippen MR) is 125 cm³/mol. The number of anilines is 2. The molecule has 5 nitrogen and oxygen atoms in total.